The predicted octanol–water partition coefficient (Wildman–Crippen LogP) is 0.537. The summed E-state index contributed by atoms with van der Waals surface area (Å²) in [6.45, 7) is 4.23. The van der Waals surface area contributed by atoms with Gasteiger partial charge in [0, 0.05) is 25.1 Å². The van der Waals surface area contributed by atoms with Crippen LogP contribution in [0.4, 0.5) is 0 Å². The Morgan fingerprint density at radius 2 is 2.07 bits per heavy atom. The van der Waals surface area contributed by atoms with Crippen molar-refractivity contribution in [3.63, 3.8) is 0 Å². The van der Waals surface area contributed by atoms with Crippen molar-refractivity contribution in [3.05, 3.63) is 34.9 Å². The topological polar surface area (TPSA) is 90.5 Å². The van der Waals surface area contributed by atoms with Gasteiger partial charge in [0.15, 0.2) is 0 Å². The van der Waals surface area contributed by atoms with Crippen molar-refractivity contribution in [2.75, 3.05) is 19.6 Å². The number of imide groups is 1. The van der Waals surface area contributed by atoms with E-state index in [2.05, 4.69) is 16.0 Å². The SMILES string of the molecule is O=C1CCC(N2Cc3cccc(CNCCC4CCNC4)c3C2=O)C(=O)N1. The number of piperidine rings is 1. The number of benzene rings is 1. The Morgan fingerprint density at radius 3 is 2.85 bits per heavy atom. The number of amides is 3. The number of hydrogen-bond acceptors (Lipinski definition) is 5. The second kappa shape index (κ2) is 7.78. The van der Waals surface area contributed by atoms with Crippen LogP contribution in [0.25, 0.3) is 0 Å². The van der Waals surface area contributed by atoms with E-state index in [9.17, 15) is 14.4 Å². The monoisotopic (exact) mass is 370 g/mol. The first-order valence-electron chi connectivity index (χ1n) is 9.80. The first-order chi connectivity index (χ1) is 13.1. The molecule has 0 saturated carbocycles. The van der Waals surface area contributed by atoms with Crippen molar-refractivity contribution in [2.45, 2.75) is 44.8 Å². The molecule has 144 valence electrons. The van der Waals surface area contributed by atoms with Gasteiger partial charge in [0.25, 0.3) is 5.91 Å². The highest BCUT2D eigenvalue weighted by molar-refractivity contribution is 6.05. The predicted molar refractivity (Wildman–Crippen MR) is 99.8 cm³/mol. The summed E-state index contributed by atoms with van der Waals surface area (Å²) in [5.74, 6) is 0.0144. The molecule has 1 aromatic carbocycles. The molecule has 4 rings (SSSR count). The standard InChI is InChI=1S/C20H26N4O3/c25-17-5-4-16(19(26)23-17)24-12-15-3-1-2-14(18(15)20(24)27)11-22-9-7-13-6-8-21-10-13/h1-3,13,16,21-22H,4-12H2,(H,23,25,26). The van der Waals surface area contributed by atoms with E-state index in [1.807, 2.05) is 18.2 Å². The van der Waals surface area contributed by atoms with E-state index in [0.29, 0.717) is 19.5 Å². The van der Waals surface area contributed by atoms with Gasteiger partial charge in [-0.3, -0.25) is 19.7 Å². The van der Waals surface area contributed by atoms with Gasteiger partial charge in [0.1, 0.15) is 6.04 Å². The van der Waals surface area contributed by atoms with E-state index in [1.165, 1.54) is 6.42 Å². The van der Waals surface area contributed by atoms with E-state index in [4.69, 9.17) is 0 Å². The molecule has 7 heteroatoms. The van der Waals surface area contributed by atoms with Crippen molar-refractivity contribution in [1.82, 2.24) is 20.9 Å². The molecule has 3 aliphatic heterocycles. The molecule has 0 bridgehead atoms. The van der Waals surface area contributed by atoms with Crippen LogP contribution in [-0.4, -0.2) is 48.3 Å². The van der Waals surface area contributed by atoms with E-state index < -0.39 is 6.04 Å². The molecule has 0 aromatic heterocycles. The molecule has 2 unspecified atom stereocenters. The van der Waals surface area contributed by atoms with Gasteiger partial charge >= 0.3 is 0 Å². The minimum Gasteiger partial charge on any atom is -0.322 e. The van der Waals surface area contributed by atoms with Gasteiger partial charge in [-0.1, -0.05) is 18.2 Å². The number of hydrogen-bond donors (Lipinski definition) is 3. The number of carbonyl (C=O) groups excluding carboxylic acids is 3. The largest absolute Gasteiger partial charge is 0.322 e. The normalized spacial score (nSPS) is 25.0. The van der Waals surface area contributed by atoms with Gasteiger partial charge in [-0.15, -0.1) is 0 Å². The van der Waals surface area contributed by atoms with Gasteiger partial charge in [-0.2, -0.15) is 0 Å². The van der Waals surface area contributed by atoms with Crippen molar-refractivity contribution in [2.24, 2.45) is 5.92 Å². The molecule has 0 radical (unpaired) electrons. The van der Waals surface area contributed by atoms with E-state index in [1.54, 1.807) is 4.90 Å². The Hall–Kier alpha value is -2.25. The Balaban J connectivity index is 1.40. The zero-order chi connectivity index (χ0) is 18.8. The molecule has 2 fully saturated rings. The summed E-state index contributed by atoms with van der Waals surface area (Å²) in [4.78, 5) is 38.2. The summed E-state index contributed by atoms with van der Waals surface area (Å²) in [6, 6.07) is 5.35. The maximum atomic E-state index is 13.0. The van der Waals surface area contributed by atoms with E-state index in [0.717, 1.165) is 48.7 Å². The lowest BCUT2D eigenvalue weighted by molar-refractivity contribution is -0.136. The van der Waals surface area contributed by atoms with Crippen LogP contribution in [0.2, 0.25) is 0 Å². The summed E-state index contributed by atoms with van der Waals surface area (Å²) in [7, 11) is 0. The maximum absolute atomic E-state index is 13.0. The lowest BCUT2D eigenvalue weighted by Crippen LogP contribution is -2.52. The third-order valence-electron chi connectivity index (χ3n) is 5.85. The van der Waals surface area contributed by atoms with Gasteiger partial charge in [0.05, 0.1) is 0 Å². The van der Waals surface area contributed by atoms with Crippen molar-refractivity contribution < 1.29 is 14.4 Å². The summed E-state index contributed by atoms with van der Waals surface area (Å²) < 4.78 is 0. The number of rotatable bonds is 6. The number of fused-ring (bicyclic) bond motifs is 1. The lowest BCUT2D eigenvalue weighted by Gasteiger charge is -2.29. The highest BCUT2D eigenvalue weighted by Gasteiger charge is 2.39. The average Bonchev–Trinajstić information content (AvgIpc) is 3.28. The molecule has 3 heterocycles. The Morgan fingerprint density at radius 1 is 1.19 bits per heavy atom. The van der Waals surface area contributed by atoms with E-state index >= 15 is 0 Å². The fourth-order valence-corrected chi connectivity index (χ4v) is 4.33. The molecule has 2 atom stereocenters. The van der Waals surface area contributed by atoms with Crippen molar-refractivity contribution >= 4 is 17.7 Å². The Bertz CT molecular complexity index is 758. The maximum Gasteiger partial charge on any atom is 0.255 e. The second-order valence-electron chi connectivity index (χ2n) is 7.68. The molecule has 0 spiro atoms. The van der Waals surface area contributed by atoms with Crippen LogP contribution in [0.15, 0.2) is 18.2 Å². The molecule has 3 amide bonds. The molecule has 0 aliphatic carbocycles. The number of carbonyl (C=O) groups is 3. The van der Waals surface area contributed by atoms with Crippen molar-refractivity contribution in [3.8, 4) is 0 Å². The van der Waals surface area contributed by atoms with Crippen LogP contribution in [0.5, 0.6) is 0 Å². The lowest BCUT2D eigenvalue weighted by atomic mass is 10.0. The van der Waals surface area contributed by atoms with Crippen LogP contribution in [0, 0.1) is 5.92 Å². The number of nitrogens with zero attached hydrogens (tertiary/aromatic N) is 1. The minimum atomic E-state index is -0.557. The summed E-state index contributed by atoms with van der Waals surface area (Å²) in [5, 5.41) is 9.19. The smallest absolute Gasteiger partial charge is 0.255 e. The average molecular weight is 370 g/mol. The fraction of sp³-hybridized carbons (Fsp3) is 0.550. The molecule has 3 N–H and O–H groups in total. The van der Waals surface area contributed by atoms with Crippen LogP contribution in [0.1, 0.15) is 47.2 Å². The summed E-state index contributed by atoms with van der Waals surface area (Å²) in [5.41, 5.74) is 2.66. The molecule has 1 aromatic rings. The summed E-state index contributed by atoms with van der Waals surface area (Å²) in [6.07, 6.45) is 3.05. The zero-order valence-corrected chi connectivity index (χ0v) is 15.4. The van der Waals surface area contributed by atoms with Crippen LogP contribution >= 0.6 is 0 Å². The Labute approximate surface area is 158 Å². The summed E-state index contributed by atoms with van der Waals surface area (Å²) >= 11 is 0. The molecular formula is C20H26N4O3. The highest BCUT2D eigenvalue weighted by Crippen LogP contribution is 2.29. The van der Waals surface area contributed by atoms with Crippen LogP contribution in [0.3, 0.4) is 0 Å². The van der Waals surface area contributed by atoms with Crippen LogP contribution < -0.4 is 16.0 Å². The van der Waals surface area contributed by atoms with Gasteiger partial charge in [-0.25, -0.2) is 0 Å². The third-order valence-corrected chi connectivity index (χ3v) is 5.85. The Kier molecular flexibility index (Phi) is 5.22. The fourth-order valence-electron chi connectivity index (χ4n) is 4.33. The molecular weight excluding hydrogens is 344 g/mol. The van der Waals surface area contributed by atoms with Gasteiger partial charge < -0.3 is 15.5 Å². The van der Waals surface area contributed by atoms with Crippen molar-refractivity contribution in [1.29, 1.82) is 0 Å². The quantitative estimate of drug-likeness (QED) is 0.502. The third kappa shape index (κ3) is 3.75. The minimum absolute atomic E-state index is 0.100. The van der Waals surface area contributed by atoms with Crippen LogP contribution in [-0.2, 0) is 22.7 Å². The first-order valence-corrected chi connectivity index (χ1v) is 9.80. The van der Waals surface area contributed by atoms with Gasteiger partial charge in [0.2, 0.25) is 11.8 Å². The highest BCUT2D eigenvalue weighted by atomic mass is 16.2. The molecule has 3 aliphatic rings. The van der Waals surface area contributed by atoms with E-state index in [-0.39, 0.29) is 24.1 Å². The van der Waals surface area contributed by atoms with Gasteiger partial charge in [-0.05, 0) is 55.9 Å². The number of nitrogens with one attached hydrogen (secondary N) is 3. The molecule has 27 heavy (non-hydrogen) atoms. The first kappa shape index (κ1) is 18.1. The molecule has 2 saturated heterocycles. The second-order valence-corrected chi connectivity index (χ2v) is 7.68. The molecule has 7 nitrogen and oxygen atoms in total. The zero-order valence-electron chi connectivity index (χ0n) is 15.4.